The highest BCUT2D eigenvalue weighted by Gasteiger charge is 2.14. The number of H-pyrrole nitrogens is 1. The number of aromatic amines is 1. The Hall–Kier alpha value is -2.16. The standard InChI is InChI=1S/C15H19N3O4S/c1-16-9-3-4-11(13(5-9)22-2)12-6-14(21)17-15(23)18(12)7-10(20)8-19/h3-6,10,16,19-20H,7-8H2,1-2H3,(H,17,21,23). The van der Waals surface area contributed by atoms with Crippen LogP contribution in [-0.4, -0.2) is 46.6 Å². The van der Waals surface area contributed by atoms with Gasteiger partial charge >= 0.3 is 0 Å². The van der Waals surface area contributed by atoms with Crippen LogP contribution < -0.4 is 15.6 Å². The van der Waals surface area contributed by atoms with E-state index < -0.39 is 12.7 Å². The number of rotatable bonds is 6. The molecule has 0 spiro atoms. The van der Waals surface area contributed by atoms with E-state index in [0.29, 0.717) is 17.0 Å². The fraction of sp³-hybridized carbons (Fsp3) is 0.333. The molecule has 2 aromatic rings. The average molecular weight is 337 g/mol. The molecule has 124 valence electrons. The van der Waals surface area contributed by atoms with E-state index in [2.05, 4.69) is 10.3 Å². The lowest BCUT2D eigenvalue weighted by atomic mass is 10.1. The van der Waals surface area contributed by atoms with E-state index in [1.807, 2.05) is 6.07 Å². The topological polar surface area (TPSA) is 99.5 Å². The first kappa shape index (κ1) is 17.2. The number of methoxy groups -OCH3 is 1. The van der Waals surface area contributed by atoms with Gasteiger partial charge in [0.1, 0.15) is 5.75 Å². The molecule has 0 bridgehead atoms. The van der Waals surface area contributed by atoms with Gasteiger partial charge in [0.25, 0.3) is 5.56 Å². The van der Waals surface area contributed by atoms with Crippen LogP contribution in [0.4, 0.5) is 5.69 Å². The molecule has 1 aromatic carbocycles. The highest BCUT2D eigenvalue weighted by molar-refractivity contribution is 7.71. The van der Waals surface area contributed by atoms with Gasteiger partial charge in [-0.15, -0.1) is 0 Å². The summed E-state index contributed by atoms with van der Waals surface area (Å²) in [7, 11) is 3.33. The lowest BCUT2D eigenvalue weighted by Crippen LogP contribution is -2.24. The Morgan fingerprint density at radius 1 is 1.43 bits per heavy atom. The first-order chi connectivity index (χ1) is 11.0. The molecule has 0 saturated carbocycles. The third-order valence-electron chi connectivity index (χ3n) is 3.40. The number of nitrogens with zero attached hydrogens (tertiary/aromatic N) is 1. The monoisotopic (exact) mass is 337 g/mol. The fourth-order valence-electron chi connectivity index (χ4n) is 2.25. The second-order valence-corrected chi connectivity index (χ2v) is 5.32. The minimum atomic E-state index is -0.992. The molecule has 7 nitrogen and oxygen atoms in total. The maximum Gasteiger partial charge on any atom is 0.252 e. The molecule has 0 aliphatic heterocycles. The molecule has 8 heteroatoms. The predicted molar refractivity (Wildman–Crippen MR) is 90.5 cm³/mol. The lowest BCUT2D eigenvalue weighted by molar-refractivity contribution is 0.0808. The molecule has 1 heterocycles. The Bertz CT molecular complexity index is 800. The van der Waals surface area contributed by atoms with Crippen LogP contribution >= 0.6 is 12.2 Å². The molecule has 0 amide bonds. The van der Waals surface area contributed by atoms with Crippen LogP contribution in [0, 0.1) is 4.77 Å². The molecule has 1 unspecified atom stereocenters. The smallest absolute Gasteiger partial charge is 0.252 e. The van der Waals surface area contributed by atoms with Gasteiger partial charge in [-0.05, 0) is 24.4 Å². The van der Waals surface area contributed by atoms with Gasteiger partial charge in [-0.25, -0.2) is 0 Å². The van der Waals surface area contributed by atoms with Gasteiger partial charge in [-0.1, -0.05) is 0 Å². The second-order valence-electron chi connectivity index (χ2n) is 4.94. The highest BCUT2D eigenvalue weighted by atomic mass is 32.1. The molecule has 0 aliphatic carbocycles. The SMILES string of the molecule is CNc1ccc(-c2cc(=O)[nH]c(=S)n2CC(O)CO)c(OC)c1. The van der Waals surface area contributed by atoms with Gasteiger partial charge < -0.3 is 24.8 Å². The summed E-state index contributed by atoms with van der Waals surface area (Å²) in [6.45, 7) is -0.353. The summed E-state index contributed by atoms with van der Waals surface area (Å²) in [6.07, 6.45) is -0.992. The Kier molecular flexibility index (Phi) is 5.54. The van der Waals surface area contributed by atoms with Crippen molar-refractivity contribution >= 4 is 17.9 Å². The maximum atomic E-state index is 11.8. The molecule has 0 fully saturated rings. The summed E-state index contributed by atoms with van der Waals surface area (Å²) in [6, 6.07) is 6.83. The number of hydrogen-bond donors (Lipinski definition) is 4. The van der Waals surface area contributed by atoms with E-state index in [1.54, 1.807) is 23.7 Å². The summed E-state index contributed by atoms with van der Waals surface area (Å²) in [5.41, 5.74) is 1.68. The van der Waals surface area contributed by atoms with E-state index in [1.165, 1.54) is 13.2 Å². The van der Waals surface area contributed by atoms with Crippen molar-refractivity contribution in [2.75, 3.05) is 26.1 Å². The normalized spacial score (nSPS) is 12.0. The fourth-order valence-corrected chi connectivity index (χ4v) is 2.53. The minimum absolute atomic E-state index is 0.0539. The molecular formula is C15H19N3O4S. The molecule has 1 aromatic heterocycles. The quantitative estimate of drug-likeness (QED) is 0.587. The Morgan fingerprint density at radius 2 is 2.17 bits per heavy atom. The molecule has 0 radical (unpaired) electrons. The van der Waals surface area contributed by atoms with Crippen molar-refractivity contribution in [3.05, 3.63) is 39.4 Å². The van der Waals surface area contributed by atoms with Crippen LogP contribution in [0.15, 0.2) is 29.1 Å². The lowest BCUT2D eigenvalue weighted by Gasteiger charge is -2.18. The van der Waals surface area contributed by atoms with Gasteiger partial charge in [0, 0.05) is 30.4 Å². The number of aromatic nitrogens is 2. The van der Waals surface area contributed by atoms with Crippen LogP contribution in [0.5, 0.6) is 5.75 Å². The molecule has 2 rings (SSSR count). The third-order valence-corrected chi connectivity index (χ3v) is 3.73. The molecule has 0 saturated heterocycles. The molecule has 4 N–H and O–H groups in total. The van der Waals surface area contributed by atoms with Crippen LogP contribution in [0.3, 0.4) is 0 Å². The minimum Gasteiger partial charge on any atom is -0.496 e. The summed E-state index contributed by atoms with van der Waals surface area (Å²) >= 11 is 5.18. The first-order valence-electron chi connectivity index (χ1n) is 6.99. The van der Waals surface area contributed by atoms with Crippen molar-refractivity contribution in [3.8, 4) is 17.0 Å². The molecular weight excluding hydrogens is 318 g/mol. The highest BCUT2D eigenvalue weighted by Crippen LogP contribution is 2.32. The van der Waals surface area contributed by atoms with Crippen molar-refractivity contribution in [2.45, 2.75) is 12.6 Å². The van der Waals surface area contributed by atoms with E-state index in [4.69, 9.17) is 22.1 Å². The number of nitrogens with one attached hydrogen (secondary N) is 2. The number of hydrogen-bond acceptors (Lipinski definition) is 6. The van der Waals surface area contributed by atoms with Gasteiger partial charge in [0.05, 0.1) is 32.1 Å². The van der Waals surface area contributed by atoms with Gasteiger partial charge in [-0.3, -0.25) is 9.78 Å². The van der Waals surface area contributed by atoms with Crippen molar-refractivity contribution < 1.29 is 14.9 Å². The van der Waals surface area contributed by atoms with Crippen LogP contribution in [0.2, 0.25) is 0 Å². The Morgan fingerprint density at radius 3 is 2.78 bits per heavy atom. The van der Waals surface area contributed by atoms with Crippen molar-refractivity contribution in [3.63, 3.8) is 0 Å². The largest absolute Gasteiger partial charge is 0.496 e. The zero-order chi connectivity index (χ0) is 17.0. The summed E-state index contributed by atoms with van der Waals surface area (Å²) < 4.78 is 7.13. The average Bonchev–Trinajstić information content (AvgIpc) is 2.56. The second kappa shape index (κ2) is 7.40. The number of aliphatic hydroxyl groups is 2. The van der Waals surface area contributed by atoms with Crippen molar-refractivity contribution in [1.29, 1.82) is 0 Å². The summed E-state index contributed by atoms with van der Waals surface area (Å²) in [4.78, 5) is 14.3. The Balaban J connectivity index is 2.67. The van der Waals surface area contributed by atoms with Gasteiger partial charge in [0.2, 0.25) is 0 Å². The summed E-state index contributed by atoms with van der Waals surface area (Å²) in [5, 5.41) is 21.8. The predicted octanol–water partition coefficient (Wildman–Crippen LogP) is 0.976. The zero-order valence-electron chi connectivity index (χ0n) is 12.9. The number of ether oxygens (including phenoxy) is 1. The van der Waals surface area contributed by atoms with E-state index in [9.17, 15) is 9.90 Å². The molecule has 23 heavy (non-hydrogen) atoms. The van der Waals surface area contributed by atoms with Crippen LogP contribution in [-0.2, 0) is 6.54 Å². The van der Waals surface area contributed by atoms with Crippen LogP contribution in [0.1, 0.15) is 0 Å². The molecule has 0 aliphatic rings. The number of benzene rings is 1. The van der Waals surface area contributed by atoms with Crippen molar-refractivity contribution in [1.82, 2.24) is 9.55 Å². The van der Waals surface area contributed by atoms with Gasteiger partial charge in [-0.2, -0.15) is 0 Å². The van der Waals surface area contributed by atoms with E-state index >= 15 is 0 Å². The molecule has 1 atom stereocenters. The zero-order valence-corrected chi connectivity index (χ0v) is 13.7. The van der Waals surface area contributed by atoms with Gasteiger partial charge in [0.15, 0.2) is 4.77 Å². The number of aliphatic hydroxyl groups excluding tert-OH is 2. The van der Waals surface area contributed by atoms with Crippen molar-refractivity contribution in [2.24, 2.45) is 0 Å². The number of anilines is 1. The van der Waals surface area contributed by atoms with Crippen LogP contribution in [0.25, 0.3) is 11.3 Å². The third kappa shape index (κ3) is 3.79. The maximum absolute atomic E-state index is 11.8. The summed E-state index contributed by atoms with van der Waals surface area (Å²) in [5.74, 6) is 0.559. The van der Waals surface area contributed by atoms with E-state index in [-0.39, 0.29) is 16.9 Å². The van der Waals surface area contributed by atoms with E-state index in [0.717, 1.165) is 5.69 Å². The Labute approximate surface area is 138 Å². The first-order valence-corrected chi connectivity index (χ1v) is 7.40.